The third-order valence-corrected chi connectivity index (χ3v) is 3.26. The predicted molar refractivity (Wildman–Crippen MR) is 71.9 cm³/mol. The number of hydrogen-bond acceptors (Lipinski definition) is 4. The Balaban J connectivity index is 2.08. The molecule has 0 aliphatic carbocycles. The number of halogens is 2. The standard InChI is InChI=1S/C13H10BrFN2O2/c14-12-10(2-1-3-11(12)16)13(18)19-7-8-4-9(15)6-17-5-8/h1-6H,7,16H2. The topological polar surface area (TPSA) is 65.2 Å². The van der Waals surface area contributed by atoms with E-state index in [2.05, 4.69) is 20.9 Å². The molecule has 0 aliphatic heterocycles. The number of nitrogens with two attached hydrogens (primary N) is 1. The number of carbonyl (C=O) groups excluding carboxylic acids is 1. The van der Waals surface area contributed by atoms with E-state index in [1.807, 2.05) is 0 Å². The van der Waals surface area contributed by atoms with Crippen molar-refractivity contribution in [3.8, 4) is 0 Å². The molecule has 0 bridgehead atoms. The summed E-state index contributed by atoms with van der Waals surface area (Å²) in [7, 11) is 0. The average Bonchev–Trinajstić information content (AvgIpc) is 2.39. The fraction of sp³-hybridized carbons (Fsp3) is 0.0769. The summed E-state index contributed by atoms with van der Waals surface area (Å²) < 4.78 is 18.5. The molecule has 0 fully saturated rings. The number of rotatable bonds is 3. The van der Waals surface area contributed by atoms with Crippen molar-refractivity contribution in [1.82, 2.24) is 4.98 Å². The van der Waals surface area contributed by atoms with Crippen LogP contribution in [0.3, 0.4) is 0 Å². The number of esters is 1. The summed E-state index contributed by atoms with van der Waals surface area (Å²) in [5, 5.41) is 0. The minimum absolute atomic E-state index is 0.0508. The van der Waals surface area contributed by atoms with Gasteiger partial charge in [0.25, 0.3) is 0 Å². The molecular formula is C13H10BrFN2O2. The molecular weight excluding hydrogens is 315 g/mol. The van der Waals surface area contributed by atoms with E-state index < -0.39 is 11.8 Å². The molecule has 2 aromatic rings. The van der Waals surface area contributed by atoms with Crippen LogP contribution in [0.1, 0.15) is 15.9 Å². The average molecular weight is 325 g/mol. The van der Waals surface area contributed by atoms with Crippen molar-refractivity contribution in [2.45, 2.75) is 6.61 Å². The van der Waals surface area contributed by atoms with Crippen molar-refractivity contribution in [3.05, 3.63) is 58.1 Å². The van der Waals surface area contributed by atoms with Crippen LogP contribution < -0.4 is 5.73 Å². The van der Waals surface area contributed by atoms with Gasteiger partial charge in [0.05, 0.1) is 16.2 Å². The lowest BCUT2D eigenvalue weighted by Crippen LogP contribution is -2.07. The lowest BCUT2D eigenvalue weighted by molar-refractivity contribution is 0.0471. The van der Waals surface area contributed by atoms with Gasteiger partial charge in [0.1, 0.15) is 12.4 Å². The van der Waals surface area contributed by atoms with Crippen LogP contribution in [-0.2, 0) is 11.3 Å². The Morgan fingerprint density at radius 2 is 2.21 bits per heavy atom. The number of carbonyl (C=O) groups is 1. The Hall–Kier alpha value is -1.95. The summed E-state index contributed by atoms with van der Waals surface area (Å²) >= 11 is 3.22. The number of aromatic nitrogens is 1. The van der Waals surface area contributed by atoms with Crippen LogP contribution >= 0.6 is 15.9 Å². The number of hydrogen-bond donors (Lipinski definition) is 1. The molecule has 2 rings (SSSR count). The Labute approximate surface area is 117 Å². The molecule has 98 valence electrons. The smallest absolute Gasteiger partial charge is 0.339 e. The minimum Gasteiger partial charge on any atom is -0.457 e. The molecule has 0 amide bonds. The van der Waals surface area contributed by atoms with E-state index in [4.69, 9.17) is 10.5 Å². The fourth-order valence-corrected chi connectivity index (χ4v) is 1.90. The summed E-state index contributed by atoms with van der Waals surface area (Å²) in [6.07, 6.45) is 2.52. The van der Waals surface area contributed by atoms with Crippen LogP contribution in [-0.4, -0.2) is 11.0 Å². The van der Waals surface area contributed by atoms with E-state index in [0.29, 0.717) is 21.3 Å². The molecule has 0 radical (unpaired) electrons. The van der Waals surface area contributed by atoms with E-state index in [1.54, 1.807) is 18.2 Å². The van der Waals surface area contributed by atoms with Gasteiger partial charge in [0, 0.05) is 17.4 Å². The first kappa shape index (κ1) is 13.5. The Kier molecular flexibility index (Phi) is 4.11. The van der Waals surface area contributed by atoms with Crippen LogP contribution in [0, 0.1) is 5.82 Å². The quantitative estimate of drug-likeness (QED) is 0.696. The molecule has 1 aromatic heterocycles. The Morgan fingerprint density at radius 3 is 2.95 bits per heavy atom. The highest BCUT2D eigenvalue weighted by molar-refractivity contribution is 9.10. The molecule has 0 spiro atoms. The first-order valence-electron chi connectivity index (χ1n) is 5.38. The van der Waals surface area contributed by atoms with Gasteiger partial charge in [-0.1, -0.05) is 6.07 Å². The molecule has 0 aliphatic rings. The first-order valence-corrected chi connectivity index (χ1v) is 6.18. The van der Waals surface area contributed by atoms with Gasteiger partial charge in [-0.25, -0.2) is 9.18 Å². The number of pyridine rings is 1. The summed E-state index contributed by atoms with van der Waals surface area (Å²) in [5.41, 5.74) is 6.92. The summed E-state index contributed by atoms with van der Waals surface area (Å²) in [6.45, 7) is -0.0508. The van der Waals surface area contributed by atoms with Crippen molar-refractivity contribution in [2.24, 2.45) is 0 Å². The van der Waals surface area contributed by atoms with Crippen LogP contribution in [0.4, 0.5) is 10.1 Å². The van der Waals surface area contributed by atoms with Gasteiger partial charge < -0.3 is 10.5 Å². The van der Waals surface area contributed by atoms with E-state index in [9.17, 15) is 9.18 Å². The van der Waals surface area contributed by atoms with E-state index in [1.165, 1.54) is 12.3 Å². The van der Waals surface area contributed by atoms with Crippen molar-refractivity contribution < 1.29 is 13.9 Å². The number of benzene rings is 1. The minimum atomic E-state index is -0.538. The second kappa shape index (κ2) is 5.79. The summed E-state index contributed by atoms with van der Waals surface area (Å²) in [4.78, 5) is 15.5. The molecule has 0 saturated carbocycles. The van der Waals surface area contributed by atoms with Crippen LogP contribution in [0.5, 0.6) is 0 Å². The summed E-state index contributed by atoms with van der Waals surface area (Å²) in [5.74, 6) is -1.01. The first-order chi connectivity index (χ1) is 9.08. The molecule has 0 atom stereocenters. The van der Waals surface area contributed by atoms with Crippen molar-refractivity contribution in [3.63, 3.8) is 0 Å². The SMILES string of the molecule is Nc1cccc(C(=O)OCc2cncc(F)c2)c1Br. The molecule has 0 unspecified atom stereocenters. The maximum absolute atomic E-state index is 12.9. The second-order valence-electron chi connectivity index (χ2n) is 3.80. The van der Waals surface area contributed by atoms with Crippen LogP contribution in [0.2, 0.25) is 0 Å². The van der Waals surface area contributed by atoms with Crippen molar-refractivity contribution in [2.75, 3.05) is 5.73 Å². The highest BCUT2D eigenvalue weighted by Crippen LogP contribution is 2.24. The van der Waals surface area contributed by atoms with Gasteiger partial charge in [-0.05, 0) is 34.1 Å². The normalized spacial score (nSPS) is 10.2. The van der Waals surface area contributed by atoms with Crippen LogP contribution in [0.15, 0.2) is 41.1 Å². The largest absolute Gasteiger partial charge is 0.457 e. The summed E-state index contributed by atoms with van der Waals surface area (Å²) in [6, 6.07) is 6.17. The lowest BCUT2D eigenvalue weighted by Gasteiger charge is -2.07. The Bertz CT molecular complexity index is 619. The number of ether oxygens (including phenoxy) is 1. The maximum Gasteiger partial charge on any atom is 0.339 e. The highest BCUT2D eigenvalue weighted by atomic mass is 79.9. The molecule has 6 heteroatoms. The number of anilines is 1. The van der Waals surface area contributed by atoms with Crippen molar-refractivity contribution >= 4 is 27.6 Å². The molecule has 2 N–H and O–H groups in total. The molecule has 19 heavy (non-hydrogen) atoms. The zero-order chi connectivity index (χ0) is 13.8. The van der Waals surface area contributed by atoms with Gasteiger partial charge in [0.2, 0.25) is 0 Å². The molecule has 1 heterocycles. The third-order valence-electron chi connectivity index (χ3n) is 2.38. The van der Waals surface area contributed by atoms with Crippen LogP contribution in [0.25, 0.3) is 0 Å². The second-order valence-corrected chi connectivity index (χ2v) is 4.59. The molecule has 4 nitrogen and oxygen atoms in total. The zero-order valence-corrected chi connectivity index (χ0v) is 11.4. The highest BCUT2D eigenvalue weighted by Gasteiger charge is 2.13. The van der Waals surface area contributed by atoms with Gasteiger partial charge in [-0.2, -0.15) is 0 Å². The van der Waals surface area contributed by atoms with E-state index in [-0.39, 0.29) is 6.61 Å². The van der Waals surface area contributed by atoms with E-state index in [0.717, 1.165) is 6.20 Å². The van der Waals surface area contributed by atoms with E-state index >= 15 is 0 Å². The monoisotopic (exact) mass is 324 g/mol. The predicted octanol–water partition coefficient (Wildman–Crippen LogP) is 2.92. The van der Waals surface area contributed by atoms with Gasteiger partial charge in [-0.3, -0.25) is 4.98 Å². The van der Waals surface area contributed by atoms with Gasteiger partial charge >= 0.3 is 5.97 Å². The number of nitrogens with zero attached hydrogens (tertiary/aromatic N) is 1. The van der Waals surface area contributed by atoms with Gasteiger partial charge in [0.15, 0.2) is 0 Å². The van der Waals surface area contributed by atoms with Gasteiger partial charge in [-0.15, -0.1) is 0 Å². The number of nitrogen functional groups attached to an aromatic ring is 1. The maximum atomic E-state index is 12.9. The lowest BCUT2D eigenvalue weighted by atomic mass is 10.2. The van der Waals surface area contributed by atoms with Crippen molar-refractivity contribution in [1.29, 1.82) is 0 Å². The zero-order valence-electron chi connectivity index (χ0n) is 9.77. The Morgan fingerprint density at radius 1 is 1.42 bits per heavy atom. The molecule has 0 saturated heterocycles. The molecule has 1 aromatic carbocycles. The third kappa shape index (κ3) is 3.29. The fourth-order valence-electron chi connectivity index (χ4n) is 1.47.